The molecule has 0 saturated carbocycles. The maximum atomic E-state index is 10.4. The Morgan fingerprint density at radius 1 is 1.11 bits per heavy atom. The third-order valence-corrected chi connectivity index (χ3v) is 3.51. The molecule has 1 aromatic rings. The van der Waals surface area contributed by atoms with E-state index in [-0.39, 0.29) is 12.6 Å². The minimum absolute atomic E-state index is 0.0384. The van der Waals surface area contributed by atoms with Crippen molar-refractivity contribution in [1.82, 2.24) is 5.32 Å². The minimum Gasteiger partial charge on any atom is -0.396 e. The Morgan fingerprint density at radius 2 is 1.68 bits per heavy atom. The van der Waals surface area contributed by atoms with Gasteiger partial charge in [-0.25, -0.2) is 0 Å². The van der Waals surface area contributed by atoms with Crippen LogP contribution in [0.2, 0.25) is 0 Å². The van der Waals surface area contributed by atoms with Crippen molar-refractivity contribution in [3.8, 4) is 0 Å². The summed E-state index contributed by atoms with van der Waals surface area (Å²) in [5.74, 6) is 0.510. The zero-order chi connectivity index (χ0) is 14.3. The standard InChI is InChI=1S/C16H27NO2/c1-4-15(17-10-5-11-18)16(19)14-8-6-13(7-9-14)12(2)3/h6-9,12,15-19H,4-5,10-11H2,1-3H3. The monoisotopic (exact) mass is 265 g/mol. The Bertz CT molecular complexity index is 348. The van der Waals surface area contributed by atoms with Gasteiger partial charge in [0.25, 0.3) is 0 Å². The summed E-state index contributed by atoms with van der Waals surface area (Å²) in [6.07, 6.45) is 1.08. The molecule has 3 nitrogen and oxygen atoms in total. The Balaban J connectivity index is 2.65. The lowest BCUT2D eigenvalue weighted by Crippen LogP contribution is -2.35. The van der Waals surface area contributed by atoms with Crippen molar-refractivity contribution in [2.24, 2.45) is 0 Å². The molecule has 0 aromatic heterocycles. The van der Waals surface area contributed by atoms with Crippen molar-refractivity contribution >= 4 is 0 Å². The minimum atomic E-state index is -0.495. The van der Waals surface area contributed by atoms with E-state index >= 15 is 0 Å². The third kappa shape index (κ3) is 4.94. The summed E-state index contributed by atoms with van der Waals surface area (Å²) in [7, 11) is 0. The number of aliphatic hydroxyl groups excluding tert-OH is 2. The molecule has 0 bridgehead atoms. The first kappa shape index (κ1) is 16.2. The second-order valence-corrected chi connectivity index (χ2v) is 5.31. The largest absolute Gasteiger partial charge is 0.396 e. The highest BCUT2D eigenvalue weighted by Gasteiger charge is 2.18. The number of nitrogens with one attached hydrogen (secondary N) is 1. The summed E-state index contributed by atoms with van der Waals surface area (Å²) in [5.41, 5.74) is 2.24. The predicted molar refractivity (Wildman–Crippen MR) is 79.3 cm³/mol. The van der Waals surface area contributed by atoms with Crippen molar-refractivity contribution in [2.45, 2.75) is 51.7 Å². The van der Waals surface area contributed by atoms with E-state index in [4.69, 9.17) is 5.11 Å². The van der Waals surface area contributed by atoms with Crippen molar-refractivity contribution in [3.63, 3.8) is 0 Å². The van der Waals surface area contributed by atoms with Gasteiger partial charge in [-0.1, -0.05) is 45.0 Å². The smallest absolute Gasteiger partial charge is 0.0942 e. The van der Waals surface area contributed by atoms with Gasteiger partial charge in [0.15, 0.2) is 0 Å². The van der Waals surface area contributed by atoms with E-state index in [0.717, 1.165) is 24.9 Å². The molecule has 108 valence electrons. The Labute approximate surface area is 116 Å². The second-order valence-electron chi connectivity index (χ2n) is 5.31. The van der Waals surface area contributed by atoms with Gasteiger partial charge in [-0.3, -0.25) is 0 Å². The van der Waals surface area contributed by atoms with Gasteiger partial charge in [-0.2, -0.15) is 0 Å². The van der Waals surface area contributed by atoms with Gasteiger partial charge < -0.3 is 15.5 Å². The predicted octanol–water partition coefficient (Wildman–Crippen LogP) is 2.59. The molecule has 0 aliphatic rings. The number of hydrogen-bond donors (Lipinski definition) is 3. The zero-order valence-electron chi connectivity index (χ0n) is 12.3. The molecule has 0 saturated heterocycles. The van der Waals surface area contributed by atoms with E-state index in [9.17, 15) is 5.11 Å². The molecule has 3 heteroatoms. The first-order valence-electron chi connectivity index (χ1n) is 7.22. The molecular weight excluding hydrogens is 238 g/mol. The maximum absolute atomic E-state index is 10.4. The Kier molecular flexibility index (Phi) is 7.06. The van der Waals surface area contributed by atoms with Crippen LogP contribution in [0.25, 0.3) is 0 Å². The van der Waals surface area contributed by atoms with Gasteiger partial charge in [0.1, 0.15) is 0 Å². The summed E-state index contributed by atoms with van der Waals surface area (Å²) in [4.78, 5) is 0. The van der Waals surface area contributed by atoms with Gasteiger partial charge in [-0.15, -0.1) is 0 Å². The van der Waals surface area contributed by atoms with E-state index < -0.39 is 6.10 Å². The lowest BCUT2D eigenvalue weighted by molar-refractivity contribution is 0.124. The lowest BCUT2D eigenvalue weighted by Gasteiger charge is -2.23. The molecule has 0 radical (unpaired) electrons. The van der Waals surface area contributed by atoms with E-state index in [1.807, 2.05) is 12.1 Å². The van der Waals surface area contributed by atoms with Crippen LogP contribution in [-0.2, 0) is 0 Å². The van der Waals surface area contributed by atoms with Crippen molar-refractivity contribution in [1.29, 1.82) is 0 Å². The Morgan fingerprint density at radius 3 is 2.16 bits per heavy atom. The summed E-state index contributed by atoms with van der Waals surface area (Å²) in [5, 5.41) is 22.5. The Hall–Kier alpha value is -0.900. The lowest BCUT2D eigenvalue weighted by atomic mass is 9.96. The number of aliphatic hydroxyl groups is 2. The number of benzene rings is 1. The van der Waals surface area contributed by atoms with Gasteiger partial charge in [0.2, 0.25) is 0 Å². The molecule has 1 aromatic carbocycles. The van der Waals surface area contributed by atoms with Crippen LogP contribution >= 0.6 is 0 Å². The van der Waals surface area contributed by atoms with Gasteiger partial charge >= 0.3 is 0 Å². The van der Waals surface area contributed by atoms with Crippen LogP contribution < -0.4 is 5.32 Å². The SMILES string of the molecule is CCC(NCCCO)C(O)c1ccc(C(C)C)cc1. The molecule has 1 rings (SSSR count). The van der Waals surface area contributed by atoms with Crippen LogP contribution in [0.3, 0.4) is 0 Å². The van der Waals surface area contributed by atoms with Gasteiger partial charge in [0.05, 0.1) is 6.10 Å². The van der Waals surface area contributed by atoms with Crippen LogP contribution in [0.4, 0.5) is 0 Å². The first-order chi connectivity index (χ1) is 9.10. The fourth-order valence-electron chi connectivity index (χ4n) is 2.16. The van der Waals surface area contributed by atoms with E-state index in [0.29, 0.717) is 5.92 Å². The van der Waals surface area contributed by atoms with Crippen molar-refractivity contribution in [3.05, 3.63) is 35.4 Å². The molecular formula is C16H27NO2. The molecule has 19 heavy (non-hydrogen) atoms. The molecule has 0 aliphatic carbocycles. The molecule has 3 N–H and O–H groups in total. The molecule has 0 heterocycles. The number of rotatable bonds is 8. The fourth-order valence-corrected chi connectivity index (χ4v) is 2.16. The third-order valence-electron chi connectivity index (χ3n) is 3.51. The maximum Gasteiger partial charge on any atom is 0.0942 e. The summed E-state index contributed by atoms with van der Waals surface area (Å²) in [6, 6.07) is 8.23. The summed E-state index contributed by atoms with van der Waals surface area (Å²) in [6.45, 7) is 7.30. The topological polar surface area (TPSA) is 52.5 Å². The molecule has 0 fully saturated rings. The van der Waals surface area contributed by atoms with E-state index in [1.165, 1.54) is 5.56 Å². The van der Waals surface area contributed by atoms with E-state index in [2.05, 4.69) is 38.2 Å². The van der Waals surface area contributed by atoms with E-state index in [1.54, 1.807) is 0 Å². The normalized spacial score (nSPS) is 14.6. The summed E-state index contributed by atoms with van der Waals surface area (Å²) < 4.78 is 0. The fraction of sp³-hybridized carbons (Fsp3) is 0.625. The molecule has 0 spiro atoms. The van der Waals surface area contributed by atoms with Crippen molar-refractivity contribution in [2.75, 3.05) is 13.2 Å². The van der Waals surface area contributed by atoms with Crippen LogP contribution in [-0.4, -0.2) is 29.4 Å². The van der Waals surface area contributed by atoms with Crippen LogP contribution in [0, 0.1) is 0 Å². The highest BCUT2D eigenvalue weighted by atomic mass is 16.3. The van der Waals surface area contributed by atoms with Crippen molar-refractivity contribution < 1.29 is 10.2 Å². The highest BCUT2D eigenvalue weighted by Crippen LogP contribution is 2.22. The van der Waals surface area contributed by atoms with Crippen LogP contribution in [0.1, 0.15) is 56.8 Å². The summed E-state index contributed by atoms with van der Waals surface area (Å²) >= 11 is 0. The number of hydrogen-bond acceptors (Lipinski definition) is 3. The van der Waals surface area contributed by atoms with Gasteiger partial charge in [0, 0.05) is 12.6 Å². The quantitative estimate of drug-likeness (QED) is 0.633. The van der Waals surface area contributed by atoms with Crippen LogP contribution in [0.5, 0.6) is 0 Å². The average molecular weight is 265 g/mol. The molecule has 2 atom stereocenters. The molecule has 2 unspecified atom stereocenters. The zero-order valence-corrected chi connectivity index (χ0v) is 12.3. The molecule has 0 amide bonds. The first-order valence-corrected chi connectivity index (χ1v) is 7.22. The van der Waals surface area contributed by atoms with Gasteiger partial charge in [-0.05, 0) is 36.4 Å². The average Bonchev–Trinajstić information content (AvgIpc) is 2.43. The van der Waals surface area contributed by atoms with Crippen LogP contribution in [0.15, 0.2) is 24.3 Å². The molecule has 0 aliphatic heterocycles. The highest BCUT2D eigenvalue weighted by molar-refractivity contribution is 5.26. The second kappa shape index (κ2) is 8.31.